The third-order valence-electron chi connectivity index (χ3n) is 3.87. The molecule has 2 fully saturated rings. The van der Waals surface area contributed by atoms with E-state index < -0.39 is 10.0 Å². The summed E-state index contributed by atoms with van der Waals surface area (Å²) in [6.07, 6.45) is 1.15. The Balaban J connectivity index is 1.79. The first-order valence-electron chi connectivity index (χ1n) is 7.59. The first kappa shape index (κ1) is 17.1. The highest BCUT2D eigenvalue weighted by Crippen LogP contribution is 2.14. The molecule has 0 bridgehead atoms. The van der Waals surface area contributed by atoms with Crippen molar-refractivity contribution in [1.82, 2.24) is 14.5 Å². The summed E-state index contributed by atoms with van der Waals surface area (Å²) in [7, 11) is -3.13. The van der Waals surface area contributed by atoms with Gasteiger partial charge in [0.1, 0.15) is 0 Å². The fourth-order valence-electron chi connectivity index (χ4n) is 2.69. The van der Waals surface area contributed by atoms with Crippen molar-refractivity contribution in [3.63, 3.8) is 0 Å². The minimum atomic E-state index is -3.13. The SMILES string of the molecule is CCCS(=O)(=O)N1CCN(C(=O)CC2CSCCN2)CC1. The van der Waals surface area contributed by atoms with Gasteiger partial charge < -0.3 is 10.2 Å². The maximum atomic E-state index is 12.3. The van der Waals surface area contributed by atoms with Gasteiger partial charge in [-0.1, -0.05) is 6.92 Å². The summed E-state index contributed by atoms with van der Waals surface area (Å²) in [5.74, 6) is 2.43. The van der Waals surface area contributed by atoms with Crippen LogP contribution in [0.5, 0.6) is 0 Å². The molecule has 1 amide bonds. The Morgan fingerprint density at radius 2 is 2.00 bits per heavy atom. The van der Waals surface area contributed by atoms with Crippen LogP contribution in [-0.4, -0.2) is 79.6 Å². The summed E-state index contributed by atoms with van der Waals surface area (Å²) >= 11 is 1.88. The second-order valence-corrected chi connectivity index (χ2v) is 8.76. The monoisotopic (exact) mass is 335 g/mol. The summed E-state index contributed by atoms with van der Waals surface area (Å²) < 4.78 is 25.5. The average molecular weight is 335 g/mol. The first-order chi connectivity index (χ1) is 10.0. The Kier molecular flexibility index (Phi) is 6.34. The molecule has 0 aromatic heterocycles. The first-order valence-corrected chi connectivity index (χ1v) is 10.4. The summed E-state index contributed by atoms with van der Waals surface area (Å²) in [5.41, 5.74) is 0. The van der Waals surface area contributed by atoms with Gasteiger partial charge in [0, 0.05) is 56.7 Å². The van der Waals surface area contributed by atoms with Crippen molar-refractivity contribution in [3.05, 3.63) is 0 Å². The Labute approximate surface area is 131 Å². The van der Waals surface area contributed by atoms with E-state index in [0.29, 0.717) is 39.0 Å². The van der Waals surface area contributed by atoms with E-state index in [0.717, 1.165) is 18.1 Å². The van der Waals surface area contributed by atoms with Gasteiger partial charge in [-0.25, -0.2) is 8.42 Å². The molecule has 1 unspecified atom stereocenters. The van der Waals surface area contributed by atoms with Crippen LogP contribution in [0, 0.1) is 0 Å². The molecule has 21 heavy (non-hydrogen) atoms. The average Bonchev–Trinajstić information content (AvgIpc) is 2.48. The molecule has 122 valence electrons. The normalized spacial score (nSPS) is 25.0. The minimum absolute atomic E-state index is 0.141. The second kappa shape index (κ2) is 7.80. The molecule has 2 saturated heterocycles. The molecule has 2 rings (SSSR count). The number of nitrogens with zero attached hydrogens (tertiary/aromatic N) is 2. The summed E-state index contributed by atoms with van der Waals surface area (Å²) in [6.45, 7) is 4.73. The maximum Gasteiger partial charge on any atom is 0.224 e. The second-order valence-electron chi connectivity index (χ2n) is 5.53. The van der Waals surface area contributed by atoms with E-state index in [-0.39, 0.29) is 17.7 Å². The number of carbonyl (C=O) groups excluding carboxylic acids is 1. The van der Waals surface area contributed by atoms with Crippen LogP contribution in [0.15, 0.2) is 0 Å². The number of sulfonamides is 1. The fourth-order valence-corrected chi connectivity index (χ4v) is 5.14. The molecular formula is C13H25N3O3S2. The van der Waals surface area contributed by atoms with E-state index in [1.807, 2.05) is 18.7 Å². The number of hydrogen-bond acceptors (Lipinski definition) is 5. The van der Waals surface area contributed by atoms with Crippen LogP contribution in [0.1, 0.15) is 19.8 Å². The quantitative estimate of drug-likeness (QED) is 0.764. The zero-order valence-electron chi connectivity index (χ0n) is 12.6. The highest BCUT2D eigenvalue weighted by molar-refractivity contribution is 7.99. The lowest BCUT2D eigenvalue weighted by Crippen LogP contribution is -2.52. The number of carbonyl (C=O) groups is 1. The molecule has 8 heteroatoms. The van der Waals surface area contributed by atoms with Gasteiger partial charge in [0.05, 0.1) is 5.75 Å². The zero-order valence-corrected chi connectivity index (χ0v) is 14.2. The summed E-state index contributed by atoms with van der Waals surface area (Å²) in [5, 5.41) is 3.36. The van der Waals surface area contributed by atoms with E-state index >= 15 is 0 Å². The van der Waals surface area contributed by atoms with E-state index in [2.05, 4.69) is 5.32 Å². The third kappa shape index (κ3) is 4.84. The van der Waals surface area contributed by atoms with Crippen LogP contribution in [0.3, 0.4) is 0 Å². The predicted molar refractivity (Wildman–Crippen MR) is 86.0 cm³/mol. The van der Waals surface area contributed by atoms with Crippen molar-refractivity contribution in [1.29, 1.82) is 0 Å². The van der Waals surface area contributed by atoms with Crippen molar-refractivity contribution in [2.75, 3.05) is 50.0 Å². The zero-order chi connectivity index (χ0) is 15.3. The Hall–Kier alpha value is -0.310. The van der Waals surface area contributed by atoms with E-state index in [9.17, 15) is 13.2 Å². The molecule has 0 aliphatic carbocycles. The summed E-state index contributed by atoms with van der Waals surface area (Å²) in [6, 6.07) is 0.262. The molecular weight excluding hydrogens is 310 g/mol. The van der Waals surface area contributed by atoms with E-state index in [4.69, 9.17) is 0 Å². The topological polar surface area (TPSA) is 69.7 Å². The number of piperazine rings is 1. The van der Waals surface area contributed by atoms with Gasteiger partial charge in [-0.15, -0.1) is 0 Å². The lowest BCUT2D eigenvalue weighted by molar-refractivity contribution is -0.132. The van der Waals surface area contributed by atoms with Crippen molar-refractivity contribution < 1.29 is 13.2 Å². The molecule has 0 radical (unpaired) electrons. The van der Waals surface area contributed by atoms with Gasteiger partial charge in [0.25, 0.3) is 0 Å². The smallest absolute Gasteiger partial charge is 0.224 e. The van der Waals surface area contributed by atoms with Gasteiger partial charge in [-0.2, -0.15) is 16.1 Å². The van der Waals surface area contributed by atoms with E-state index in [1.165, 1.54) is 4.31 Å². The van der Waals surface area contributed by atoms with Crippen LogP contribution in [-0.2, 0) is 14.8 Å². The molecule has 0 saturated carbocycles. The van der Waals surface area contributed by atoms with Gasteiger partial charge in [-0.05, 0) is 6.42 Å². The molecule has 2 heterocycles. The Bertz CT molecular complexity index is 442. The maximum absolute atomic E-state index is 12.3. The molecule has 0 spiro atoms. The molecule has 6 nitrogen and oxygen atoms in total. The molecule has 1 atom stereocenters. The van der Waals surface area contributed by atoms with Crippen molar-refractivity contribution in [2.45, 2.75) is 25.8 Å². The number of hydrogen-bond donors (Lipinski definition) is 1. The highest BCUT2D eigenvalue weighted by Gasteiger charge is 2.29. The van der Waals surface area contributed by atoms with Crippen LogP contribution >= 0.6 is 11.8 Å². The number of thioether (sulfide) groups is 1. The van der Waals surface area contributed by atoms with Gasteiger partial charge >= 0.3 is 0 Å². The lowest BCUT2D eigenvalue weighted by atomic mass is 10.2. The molecule has 2 aliphatic rings. The van der Waals surface area contributed by atoms with Crippen LogP contribution in [0.4, 0.5) is 0 Å². The Morgan fingerprint density at radius 3 is 2.57 bits per heavy atom. The number of nitrogens with one attached hydrogen (secondary N) is 1. The van der Waals surface area contributed by atoms with Gasteiger partial charge in [0.15, 0.2) is 0 Å². The largest absolute Gasteiger partial charge is 0.340 e. The van der Waals surface area contributed by atoms with Crippen LogP contribution < -0.4 is 5.32 Å². The minimum Gasteiger partial charge on any atom is -0.340 e. The molecule has 2 aliphatic heterocycles. The van der Waals surface area contributed by atoms with Crippen molar-refractivity contribution in [3.8, 4) is 0 Å². The van der Waals surface area contributed by atoms with Crippen LogP contribution in [0.2, 0.25) is 0 Å². The summed E-state index contributed by atoms with van der Waals surface area (Å²) in [4.78, 5) is 14.1. The Morgan fingerprint density at radius 1 is 1.29 bits per heavy atom. The molecule has 1 N–H and O–H groups in total. The van der Waals surface area contributed by atoms with E-state index in [1.54, 1.807) is 4.90 Å². The molecule has 0 aromatic carbocycles. The molecule has 0 aromatic rings. The fraction of sp³-hybridized carbons (Fsp3) is 0.923. The standard InChI is InChI=1S/C13H25N3O3S2/c1-2-9-21(18,19)16-6-4-15(5-7-16)13(17)10-12-11-20-8-3-14-12/h12,14H,2-11H2,1H3. The van der Waals surface area contributed by atoms with Crippen molar-refractivity contribution in [2.24, 2.45) is 0 Å². The van der Waals surface area contributed by atoms with Crippen molar-refractivity contribution >= 4 is 27.7 Å². The number of amides is 1. The highest BCUT2D eigenvalue weighted by atomic mass is 32.2. The van der Waals surface area contributed by atoms with Gasteiger partial charge in [0.2, 0.25) is 15.9 Å². The van der Waals surface area contributed by atoms with Crippen LogP contribution in [0.25, 0.3) is 0 Å². The number of rotatable bonds is 5. The predicted octanol–water partition coefficient (Wildman–Crippen LogP) is -0.0345. The lowest BCUT2D eigenvalue weighted by Gasteiger charge is -2.35. The third-order valence-corrected chi connectivity index (χ3v) is 7.07. The van der Waals surface area contributed by atoms with Gasteiger partial charge in [-0.3, -0.25) is 4.79 Å².